The molecule has 0 saturated carbocycles. The molecule has 0 aliphatic rings. The van der Waals surface area contributed by atoms with Crippen molar-refractivity contribution in [1.29, 1.82) is 0 Å². The fraction of sp³-hybridized carbons (Fsp3) is 0.0714. The lowest BCUT2D eigenvalue weighted by atomic mass is 10.1. The summed E-state index contributed by atoms with van der Waals surface area (Å²) in [6.07, 6.45) is -1.11. The van der Waals surface area contributed by atoms with Crippen molar-refractivity contribution in [2.45, 2.75) is 6.10 Å². The fourth-order valence-corrected chi connectivity index (χ4v) is 2.04. The van der Waals surface area contributed by atoms with Gasteiger partial charge in [-0.15, -0.1) is 0 Å². The number of aliphatic carboxylic acids is 1. The molecule has 98 valence electrons. The number of carboxylic acid groups (broad SMARTS) is 1. The molecule has 0 saturated heterocycles. The molecule has 0 bridgehead atoms. The first-order valence-corrected chi connectivity index (χ1v) is 6.23. The van der Waals surface area contributed by atoms with Gasteiger partial charge in [0.25, 0.3) is 0 Å². The monoisotopic (exact) mass is 296 g/mol. The van der Waals surface area contributed by atoms with Gasteiger partial charge >= 0.3 is 5.97 Å². The number of halogens is 2. The predicted octanol–water partition coefficient (Wildman–Crippen LogP) is 4.20. The van der Waals surface area contributed by atoms with E-state index in [1.54, 1.807) is 42.5 Å². The van der Waals surface area contributed by atoms with E-state index in [0.29, 0.717) is 10.6 Å². The third-order valence-corrected chi connectivity index (χ3v) is 3.00. The van der Waals surface area contributed by atoms with Gasteiger partial charge in [-0.1, -0.05) is 53.5 Å². The van der Waals surface area contributed by atoms with Crippen LogP contribution in [0.1, 0.15) is 11.7 Å². The molecule has 0 radical (unpaired) electrons. The zero-order valence-corrected chi connectivity index (χ0v) is 11.2. The summed E-state index contributed by atoms with van der Waals surface area (Å²) in [6.45, 7) is 0. The molecule has 2 aromatic carbocycles. The number of hydrogen-bond donors (Lipinski definition) is 1. The van der Waals surface area contributed by atoms with Gasteiger partial charge < -0.3 is 9.84 Å². The summed E-state index contributed by atoms with van der Waals surface area (Å²) < 4.78 is 5.46. The molecule has 0 aliphatic carbocycles. The van der Waals surface area contributed by atoms with Crippen molar-refractivity contribution in [1.82, 2.24) is 0 Å². The number of carboxylic acids is 1. The molecule has 1 N–H and O–H groups in total. The molecule has 2 aromatic rings. The first kappa shape index (κ1) is 13.7. The van der Waals surface area contributed by atoms with E-state index in [1.165, 1.54) is 6.07 Å². The second-order valence-electron chi connectivity index (χ2n) is 3.82. The average molecular weight is 297 g/mol. The Kier molecular flexibility index (Phi) is 4.30. The molecule has 0 aromatic heterocycles. The molecule has 0 unspecified atom stereocenters. The molecular formula is C14H10Cl2O3. The minimum atomic E-state index is -1.11. The van der Waals surface area contributed by atoms with Crippen molar-refractivity contribution < 1.29 is 14.6 Å². The van der Waals surface area contributed by atoms with Crippen LogP contribution in [0, 0.1) is 0 Å². The van der Waals surface area contributed by atoms with Crippen LogP contribution < -0.4 is 4.74 Å². The molecule has 19 heavy (non-hydrogen) atoms. The molecule has 5 heteroatoms. The Bertz CT molecular complexity index is 584. The second-order valence-corrected chi connectivity index (χ2v) is 4.67. The van der Waals surface area contributed by atoms with Crippen molar-refractivity contribution in [3.8, 4) is 5.75 Å². The van der Waals surface area contributed by atoms with E-state index in [9.17, 15) is 9.90 Å². The van der Waals surface area contributed by atoms with E-state index in [0.717, 1.165) is 0 Å². The smallest absolute Gasteiger partial charge is 0.349 e. The maximum Gasteiger partial charge on any atom is 0.349 e. The van der Waals surface area contributed by atoms with Crippen molar-refractivity contribution in [3.63, 3.8) is 0 Å². The van der Waals surface area contributed by atoms with E-state index in [1.807, 2.05) is 0 Å². The van der Waals surface area contributed by atoms with E-state index in [2.05, 4.69) is 0 Å². The summed E-state index contributed by atoms with van der Waals surface area (Å²) in [7, 11) is 0. The van der Waals surface area contributed by atoms with Gasteiger partial charge in [-0.3, -0.25) is 0 Å². The third kappa shape index (κ3) is 3.40. The highest BCUT2D eigenvalue weighted by Gasteiger charge is 2.22. The van der Waals surface area contributed by atoms with Gasteiger partial charge in [0.2, 0.25) is 6.10 Å². The van der Waals surface area contributed by atoms with Gasteiger partial charge in [-0.05, 0) is 18.2 Å². The summed E-state index contributed by atoms with van der Waals surface area (Å²) in [5.74, 6) is -0.806. The lowest BCUT2D eigenvalue weighted by Gasteiger charge is -2.16. The van der Waals surface area contributed by atoms with Crippen molar-refractivity contribution in [3.05, 3.63) is 64.1 Å². The van der Waals surface area contributed by atoms with E-state index < -0.39 is 12.1 Å². The summed E-state index contributed by atoms with van der Waals surface area (Å²) >= 11 is 11.7. The summed E-state index contributed by atoms with van der Waals surface area (Å²) in [6, 6.07) is 13.3. The molecule has 0 heterocycles. The van der Waals surface area contributed by atoms with Gasteiger partial charge in [0.15, 0.2) is 0 Å². The first-order chi connectivity index (χ1) is 9.08. The van der Waals surface area contributed by atoms with Crippen LogP contribution in [-0.4, -0.2) is 11.1 Å². The lowest BCUT2D eigenvalue weighted by Crippen LogP contribution is -2.18. The van der Waals surface area contributed by atoms with Crippen molar-refractivity contribution in [2.75, 3.05) is 0 Å². The SMILES string of the molecule is O=C(O)[C@@H](Oc1ccc(Cl)cc1Cl)c1ccccc1. The average Bonchev–Trinajstić information content (AvgIpc) is 2.38. The zero-order chi connectivity index (χ0) is 13.8. The van der Waals surface area contributed by atoms with Crippen LogP contribution in [0.25, 0.3) is 0 Å². The number of carbonyl (C=O) groups is 1. The highest BCUT2D eigenvalue weighted by molar-refractivity contribution is 6.35. The van der Waals surface area contributed by atoms with Crippen molar-refractivity contribution >= 4 is 29.2 Å². The van der Waals surface area contributed by atoms with Crippen LogP contribution in [0.15, 0.2) is 48.5 Å². The standard InChI is InChI=1S/C14H10Cl2O3/c15-10-6-7-12(11(16)8-10)19-13(14(17)18)9-4-2-1-3-5-9/h1-8,13H,(H,17,18)/t13-/m0/s1. The Hall–Kier alpha value is -1.71. The number of hydrogen-bond acceptors (Lipinski definition) is 2. The van der Waals surface area contributed by atoms with Crippen LogP contribution in [0.2, 0.25) is 10.0 Å². The summed E-state index contributed by atoms with van der Waals surface area (Å²) in [5.41, 5.74) is 0.543. The second kappa shape index (κ2) is 5.95. The Morgan fingerprint density at radius 1 is 1.11 bits per heavy atom. The number of rotatable bonds is 4. The van der Waals surface area contributed by atoms with E-state index >= 15 is 0 Å². The third-order valence-electron chi connectivity index (χ3n) is 2.47. The minimum absolute atomic E-state index is 0.273. The summed E-state index contributed by atoms with van der Waals surface area (Å²) in [5, 5.41) is 9.97. The maximum absolute atomic E-state index is 11.3. The van der Waals surface area contributed by atoms with Crippen LogP contribution in [0.4, 0.5) is 0 Å². The van der Waals surface area contributed by atoms with Crippen LogP contribution >= 0.6 is 23.2 Å². The Labute approximate surface area is 120 Å². The predicted molar refractivity (Wildman–Crippen MR) is 73.9 cm³/mol. The summed E-state index contributed by atoms with van der Waals surface area (Å²) in [4.78, 5) is 11.3. The largest absolute Gasteiger partial charge is 0.478 e. The lowest BCUT2D eigenvalue weighted by molar-refractivity contribution is -0.145. The maximum atomic E-state index is 11.3. The van der Waals surface area contributed by atoms with Gasteiger partial charge in [0, 0.05) is 10.6 Å². The molecule has 0 fully saturated rings. The highest BCUT2D eigenvalue weighted by atomic mass is 35.5. The number of benzene rings is 2. The molecule has 1 atom stereocenters. The molecule has 0 amide bonds. The molecule has 0 aliphatic heterocycles. The van der Waals surface area contributed by atoms with Gasteiger partial charge in [-0.2, -0.15) is 0 Å². The topological polar surface area (TPSA) is 46.5 Å². The normalized spacial score (nSPS) is 11.9. The van der Waals surface area contributed by atoms with Gasteiger partial charge in [-0.25, -0.2) is 4.79 Å². The zero-order valence-electron chi connectivity index (χ0n) is 9.72. The van der Waals surface area contributed by atoms with E-state index in [4.69, 9.17) is 27.9 Å². The Balaban J connectivity index is 2.29. The molecule has 0 spiro atoms. The Morgan fingerprint density at radius 3 is 2.37 bits per heavy atom. The van der Waals surface area contributed by atoms with Gasteiger partial charge in [0.1, 0.15) is 5.75 Å². The van der Waals surface area contributed by atoms with Crippen LogP contribution in [-0.2, 0) is 4.79 Å². The Morgan fingerprint density at radius 2 is 1.79 bits per heavy atom. The van der Waals surface area contributed by atoms with Gasteiger partial charge in [0.05, 0.1) is 5.02 Å². The minimum Gasteiger partial charge on any atom is -0.478 e. The van der Waals surface area contributed by atoms with Crippen LogP contribution in [0.5, 0.6) is 5.75 Å². The molecular weight excluding hydrogens is 287 g/mol. The first-order valence-electron chi connectivity index (χ1n) is 5.47. The quantitative estimate of drug-likeness (QED) is 0.920. The molecule has 2 rings (SSSR count). The van der Waals surface area contributed by atoms with Crippen molar-refractivity contribution in [2.24, 2.45) is 0 Å². The van der Waals surface area contributed by atoms with E-state index in [-0.39, 0.29) is 10.8 Å². The fourth-order valence-electron chi connectivity index (χ4n) is 1.59. The van der Waals surface area contributed by atoms with Crippen LogP contribution in [0.3, 0.4) is 0 Å². The number of ether oxygens (including phenoxy) is 1. The molecule has 3 nitrogen and oxygen atoms in total. The highest BCUT2D eigenvalue weighted by Crippen LogP contribution is 2.31.